The van der Waals surface area contributed by atoms with Crippen LogP contribution in [0.5, 0.6) is 0 Å². The van der Waals surface area contributed by atoms with Crippen LogP contribution in [0.15, 0.2) is 35.8 Å². The SMILES string of the molecule is CCC(C)c1ccc(NC(=O)Cn2ccsc2=N)cc1. The van der Waals surface area contributed by atoms with E-state index in [0.29, 0.717) is 10.7 Å². The number of nitrogens with one attached hydrogen (secondary N) is 2. The van der Waals surface area contributed by atoms with Gasteiger partial charge in [0, 0.05) is 17.3 Å². The zero-order chi connectivity index (χ0) is 14.5. The third kappa shape index (κ3) is 3.57. The molecule has 2 aromatic rings. The Morgan fingerprint density at radius 3 is 2.65 bits per heavy atom. The first-order valence-electron chi connectivity index (χ1n) is 6.68. The van der Waals surface area contributed by atoms with Crippen molar-refractivity contribution in [2.24, 2.45) is 0 Å². The van der Waals surface area contributed by atoms with E-state index in [9.17, 15) is 4.79 Å². The number of hydrogen-bond acceptors (Lipinski definition) is 3. The number of benzene rings is 1. The van der Waals surface area contributed by atoms with Gasteiger partial charge in [0.2, 0.25) is 5.91 Å². The number of hydrogen-bond donors (Lipinski definition) is 2. The largest absolute Gasteiger partial charge is 0.325 e. The summed E-state index contributed by atoms with van der Waals surface area (Å²) < 4.78 is 1.62. The molecule has 1 amide bonds. The van der Waals surface area contributed by atoms with Gasteiger partial charge in [0.25, 0.3) is 0 Å². The molecule has 0 saturated heterocycles. The smallest absolute Gasteiger partial charge is 0.244 e. The van der Waals surface area contributed by atoms with E-state index < -0.39 is 0 Å². The van der Waals surface area contributed by atoms with Gasteiger partial charge in [0.1, 0.15) is 6.54 Å². The topological polar surface area (TPSA) is 57.9 Å². The third-order valence-corrected chi connectivity index (χ3v) is 4.09. The van der Waals surface area contributed by atoms with Gasteiger partial charge in [-0.15, -0.1) is 11.3 Å². The van der Waals surface area contributed by atoms with E-state index >= 15 is 0 Å². The van der Waals surface area contributed by atoms with Crippen molar-refractivity contribution in [3.05, 3.63) is 46.2 Å². The Kier molecular flexibility index (Phi) is 4.74. The summed E-state index contributed by atoms with van der Waals surface area (Å²) in [5.74, 6) is 0.421. The minimum atomic E-state index is -0.113. The van der Waals surface area contributed by atoms with Gasteiger partial charge in [-0.3, -0.25) is 10.2 Å². The highest BCUT2D eigenvalue weighted by Gasteiger charge is 2.06. The molecular weight excluding hydrogens is 270 g/mol. The van der Waals surface area contributed by atoms with E-state index in [0.717, 1.165) is 12.1 Å². The molecule has 1 atom stereocenters. The number of carbonyl (C=O) groups is 1. The molecule has 2 N–H and O–H groups in total. The van der Waals surface area contributed by atoms with Gasteiger partial charge in [0.15, 0.2) is 4.80 Å². The first kappa shape index (κ1) is 14.5. The summed E-state index contributed by atoms with van der Waals surface area (Å²) in [7, 11) is 0. The van der Waals surface area contributed by atoms with Crippen LogP contribution in [-0.4, -0.2) is 10.5 Å². The monoisotopic (exact) mass is 289 g/mol. The van der Waals surface area contributed by atoms with Crippen molar-refractivity contribution in [3.63, 3.8) is 0 Å². The fourth-order valence-corrected chi connectivity index (χ4v) is 2.51. The fraction of sp³-hybridized carbons (Fsp3) is 0.333. The molecule has 1 aromatic carbocycles. The Morgan fingerprint density at radius 2 is 2.10 bits per heavy atom. The standard InChI is InChI=1S/C15H19N3OS/c1-3-11(2)12-4-6-13(7-5-12)17-14(19)10-18-8-9-20-15(18)16/h4-9,11,16H,3,10H2,1-2H3,(H,17,19). The molecule has 0 fully saturated rings. The molecular formula is C15H19N3OS. The molecule has 20 heavy (non-hydrogen) atoms. The minimum absolute atomic E-state index is 0.113. The number of amides is 1. The van der Waals surface area contributed by atoms with E-state index in [1.807, 2.05) is 12.1 Å². The zero-order valence-electron chi connectivity index (χ0n) is 11.7. The molecule has 5 heteroatoms. The van der Waals surface area contributed by atoms with Crippen molar-refractivity contribution < 1.29 is 4.79 Å². The molecule has 0 aliphatic rings. The van der Waals surface area contributed by atoms with Crippen LogP contribution < -0.4 is 10.1 Å². The van der Waals surface area contributed by atoms with Crippen LogP contribution in [0.25, 0.3) is 0 Å². The third-order valence-electron chi connectivity index (χ3n) is 3.37. The highest BCUT2D eigenvalue weighted by molar-refractivity contribution is 7.06. The lowest BCUT2D eigenvalue weighted by Gasteiger charge is -2.10. The van der Waals surface area contributed by atoms with Crippen LogP contribution in [-0.2, 0) is 11.3 Å². The number of carbonyl (C=O) groups excluding carboxylic acids is 1. The quantitative estimate of drug-likeness (QED) is 0.872. The van der Waals surface area contributed by atoms with E-state index in [1.54, 1.807) is 16.1 Å². The number of nitrogens with zero attached hydrogens (tertiary/aromatic N) is 1. The van der Waals surface area contributed by atoms with Crippen LogP contribution >= 0.6 is 11.3 Å². The predicted octanol–water partition coefficient (Wildman–Crippen LogP) is 3.18. The van der Waals surface area contributed by atoms with Crippen molar-refractivity contribution in [2.75, 3.05) is 5.32 Å². The van der Waals surface area contributed by atoms with E-state index in [-0.39, 0.29) is 12.5 Å². The van der Waals surface area contributed by atoms with Gasteiger partial charge in [-0.05, 0) is 30.0 Å². The molecule has 1 unspecified atom stereocenters. The predicted molar refractivity (Wildman–Crippen MR) is 81.9 cm³/mol. The Labute approximate surface area is 122 Å². The second-order valence-electron chi connectivity index (χ2n) is 4.82. The molecule has 0 aliphatic heterocycles. The van der Waals surface area contributed by atoms with Gasteiger partial charge in [-0.25, -0.2) is 0 Å². The Bertz CT molecular complexity index is 627. The summed E-state index contributed by atoms with van der Waals surface area (Å²) in [4.78, 5) is 12.3. The lowest BCUT2D eigenvalue weighted by atomic mass is 9.99. The fourth-order valence-electron chi connectivity index (χ4n) is 1.91. The number of thiazole rings is 1. The normalized spacial score (nSPS) is 12.1. The van der Waals surface area contributed by atoms with Crippen LogP contribution in [0.4, 0.5) is 5.69 Å². The second kappa shape index (κ2) is 6.52. The van der Waals surface area contributed by atoms with Crippen LogP contribution in [0.2, 0.25) is 0 Å². The molecule has 2 rings (SSSR count). The van der Waals surface area contributed by atoms with Gasteiger partial charge in [0.05, 0.1) is 0 Å². The molecule has 0 bridgehead atoms. The van der Waals surface area contributed by atoms with Crippen LogP contribution in [0.1, 0.15) is 31.7 Å². The van der Waals surface area contributed by atoms with Gasteiger partial charge < -0.3 is 9.88 Å². The lowest BCUT2D eigenvalue weighted by Crippen LogP contribution is -2.23. The zero-order valence-corrected chi connectivity index (χ0v) is 12.5. The maximum atomic E-state index is 11.9. The van der Waals surface area contributed by atoms with Crippen molar-refractivity contribution in [2.45, 2.75) is 32.7 Å². The van der Waals surface area contributed by atoms with Crippen LogP contribution in [0, 0.1) is 5.41 Å². The van der Waals surface area contributed by atoms with Crippen LogP contribution in [0.3, 0.4) is 0 Å². The summed E-state index contributed by atoms with van der Waals surface area (Å²) in [6, 6.07) is 7.97. The first-order chi connectivity index (χ1) is 9.60. The van der Waals surface area contributed by atoms with Gasteiger partial charge in [-0.2, -0.15) is 0 Å². The number of rotatable bonds is 5. The molecule has 0 spiro atoms. The summed E-state index contributed by atoms with van der Waals surface area (Å²) in [5, 5.41) is 12.3. The van der Waals surface area contributed by atoms with Crippen molar-refractivity contribution >= 4 is 22.9 Å². The highest BCUT2D eigenvalue weighted by Crippen LogP contribution is 2.20. The average molecular weight is 289 g/mol. The lowest BCUT2D eigenvalue weighted by molar-refractivity contribution is -0.116. The van der Waals surface area contributed by atoms with Crippen molar-refractivity contribution in [3.8, 4) is 0 Å². The van der Waals surface area contributed by atoms with E-state index in [1.165, 1.54) is 16.9 Å². The number of anilines is 1. The molecule has 1 aromatic heterocycles. The Hall–Kier alpha value is -1.88. The first-order valence-corrected chi connectivity index (χ1v) is 7.56. The van der Waals surface area contributed by atoms with Crippen molar-refractivity contribution in [1.82, 2.24) is 4.57 Å². The minimum Gasteiger partial charge on any atom is -0.325 e. The molecule has 0 saturated carbocycles. The summed E-state index contributed by atoms with van der Waals surface area (Å²) in [6.45, 7) is 4.53. The second-order valence-corrected chi connectivity index (χ2v) is 5.71. The molecule has 106 valence electrons. The Morgan fingerprint density at radius 1 is 1.40 bits per heavy atom. The molecule has 0 radical (unpaired) electrons. The highest BCUT2D eigenvalue weighted by atomic mass is 32.1. The summed E-state index contributed by atoms with van der Waals surface area (Å²) in [5.41, 5.74) is 2.08. The molecule has 1 heterocycles. The Balaban J connectivity index is 1.98. The maximum absolute atomic E-state index is 11.9. The van der Waals surface area contributed by atoms with Crippen molar-refractivity contribution in [1.29, 1.82) is 5.41 Å². The van der Waals surface area contributed by atoms with E-state index in [4.69, 9.17) is 5.41 Å². The summed E-state index contributed by atoms with van der Waals surface area (Å²) in [6.07, 6.45) is 2.85. The molecule has 0 aliphatic carbocycles. The van der Waals surface area contributed by atoms with Gasteiger partial charge >= 0.3 is 0 Å². The van der Waals surface area contributed by atoms with E-state index in [2.05, 4.69) is 31.3 Å². The number of aromatic nitrogens is 1. The summed E-state index contributed by atoms with van der Waals surface area (Å²) >= 11 is 1.31. The van der Waals surface area contributed by atoms with Gasteiger partial charge in [-0.1, -0.05) is 26.0 Å². The molecule has 4 nitrogen and oxygen atoms in total. The average Bonchev–Trinajstić information content (AvgIpc) is 2.84. The maximum Gasteiger partial charge on any atom is 0.244 e.